The van der Waals surface area contributed by atoms with Crippen LogP contribution in [0.25, 0.3) is 10.8 Å². The first-order chi connectivity index (χ1) is 10.6. The van der Waals surface area contributed by atoms with Gasteiger partial charge in [0.15, 0.2) is 9.84 Å². The van der Waals surface area contributed by atoms with Gasteiger partial charge in [0.2, 0.25) is 0 Å². The highest BCUT2D eigenvalue weighted by Gasteiger charge is 2.31. The maximum Gasteiger partial charge on any atom is 0.151 e. The average molecular weight is 319 g/mol. The molecule has 0 aliphatic carbocycles. The molecule has 0 spiro atoms. The zero-order valence-corrected chi connectivity index (χ0v) is 13.3. The Morgan fingerprint density at radius 3 is 2.59 bits per heavy atom. The lowest BCUT2D eigenvalue weighted by atomic mass is 10.1. The zero-order chi connectivity index (χ0) is 15.6. The van der Waals surface area contributed by atoms with Crippen molar-refractivity contribution in [3.63, 3.8) is 0 Å². The topological polar surface area (TPSA) is 57.6 Å². The molecule has 0 saturated carbocycles. The van der Waals surface area contributed by atoms with E-state index in [9.17, 15) is 13.5 Å². The number of benzene rings is 2. The Bertz CT molecular complexity index is 757. The second-order valence-corrected chi connectivity index (χ2v) is 8.16. The van der Waals surface area contributed by atoms with Crippen LogP contribution in [0.1, 0.15) is 12.0 Å². The van der Waals surface area contributed by atoms with Crippen LogP contribution in [0.2, 0.25) is 0 Å². The van der Waals surface area contributed by atoms with Gasteiger partial charge in [0.1, 0.15) is 0 Å². The van der Waals surface area contributed by atoms with Gasteiger partial charge in [-0.3, -0.25) is 4.90 Å². The third kappa shape index (κ3) is 3.48. The largest absolute Gasteiger partial charge is 0.395 e. The Balaban J connectivity index is 1.80. The number of nitrogens with zero attached hydrogens (tertiary/aromatic N) is 1. The number of aliphatic hydroxyl groups is 1. The van der Waals surface area contributed by atoms with Crippen molar-refractivity contribution in [2.75, 3.05) is 24.7 Å². The van der Waals surface area contributed by atoms with Crippen molar-refractivity contribution in [1.82, 2.24) is 4.90 Å². The molecule has 0 amide bonds. The van der Waals surface area contributed by atoms with Gasteiger partial charge in [0.05, 0.1) is 18.1 Å². The van der Waals surface area contributed by atoms with Gasteiger partial charge >= 0.3 is 0 Å². The van der Waals surface area contributed by atoms with E-state index in [1.165, 1.54) is 10.8 Å². The average Bonchev–Trinajstić information content (AvgIpc) is 2.87. The van der Waals surface area contributed by atoms with Gasteiger partial charge in [-0.15, -0.1) is 0 Å². The lowest BCUT2D eigenvalue weighted by molar-refractivity contribution is 0.154. The van der Waals surface area contributed by atoms with E-state index in [1.807, 2.05) is 12.1 Å². The van der Waals surface area contributed by atoms with Crippen LogP contribution in [-0.4, -0.2) is 49.1 Å². The molecule has 3 rings (SSSR count). The summed E-state index contributed by atoms with van der Waals surface area (Å²) in [6.07, 6.45) is 0.663. The van der Waals surface area contributed by atoms with E-state index in [0.29, 0.717) is 19.5 Å². The maximum atomic E-state index is 11.7. The maximum absolute atomic E-state index is 11.7. The molecule has 1 fully saturated rings. The molecular weight excluding hydrogens is 298 g/mol. The van der Waals surface area contributed by atoms with E-state index in [2.05, 4.69) is 35.2 Å². The Morgan fingerprint density at radius 2 is 1.91 bits per heavy atom. The molecule has 1 N–H and O–H groups in total. The van der Waals surface area contributed by atoms with Crippen LogP contribution in [-0.2, 0) is 16.4 Å². The van der Waals surface area contributed by atoms with Gasteiger partial charge in [0.25, 0.3) is 0 Å². The fraction of sp³-hybridized carbons (Fsp3) is 0.412. The molecule has 2 aromatic carbocycles. The second kappa shape index (κ2) is 6.36. The Morgan fingerprint density at radius 1 is 1.14 bits per heavy atom. The van der Waals surface area contributed by atoms with E-state index in [0.717, 1.165) is 5.56 Å². The first kappa shape index (κ1) is 15.5. The summed E-state index contributed by atoms with van der Waals surface area (Å²) in [4.78, 5) is 2.09. The molecule has 5 heteroatoms. The van der Waals surface area contributed by atoms with Crippen LogP contribution < -0.4 is 0 Å². The van der Waals surface area contributed by atoms with Gasteiger partial charge in [-0.2, -0.15) is 0 Å². The predicted molar refractivity (Wildman–Crippen MR) is 88.5 cm³/mol. The molecule has 1 aliphatic rings. The molecule has 1 heterocycles. The second-order valence-electron chi connectivity index (χ2n) is 5.93. The van der Waals surface area contributed by atoms with E-state index in [-0.39, 0.29) is 24.2 Å². The highest BCUT2D eigenvalue weighted by molar-refractivity contribution is 7.91. The molecule has 118 valence electrons. The molecule has 0 bridgehead atoms. The van der Waals surface area contributed by atoms with Crippen LogP contribution in [0, 0.1) is 0 Å². The summed E-state index contributed by atoms with van der Waals surface area (Å²) in [5, 5.41) is 11.7. The SMILES string of the molecule is O=S1(=O)CCC(N(CCO)Cc2ccc3ccccc3c2)C1. The molecule has 1 unspecified atom stereocenters. The fourth-order valence-electron chi connectivity index (χ4n) is 3.15. The number of rotatable bonds is 5. The summed E-state index contributed by atoms with van der Waals surface area (Å²) in [5.74, 6) is 0.470. The number of hydrogen-bond acceptors (Lipinski definition) is 4. The molecule has 1 saturated heterocycles. The summed E-state index contributed by atoms with van der Waals surface area (Å²) in [5.41, 5.74) is 1.15. The van der Waals surface area contributed by atoms with Crippen molar-refractivity contribution < 1.29 is 13.5 Å². The molecule has 4 nitrogen and oxygen atoms in total. The first-order valence-electron chi connectivity index (χ1n) is 7.60. The van der Waals surface area contributed by atoms with Crippen molar-refractivity contribution in [2.45, 2.75) is 19.0 Å². The van der Waals surface area contributed by atoms with Gasteiger partial charge in [-0.05, 0) is 28.8 Å². The monoisotopic (exact) mass is 319 g/mol. The minimum atomic E-state index is -2.91. The summed E-state index contributed by atoms with van der Waals surface area (Å²) in [6.45, 7) is 1.22. The van der Waals surface area contributed by atoms with Crippen LogP contribution in [0.15, 0.2) is 42.5 Å². The summed E-state index contributed by atoms with van der Waals surface area (Å²) >= 11 is 0. The predicted octanol–water partition coefficient (Wildman–Crippen LogP) is 1.82. The number of fused-ring (bicyclic) bond motifs is 1. The van der Waals surface area contributed by atoms with Crippen LogP contribution in [0.3, 0.4) is 0 Å². The van der Waals surface area contributed by atoms with Gasteiger partial charge < -0.3 is 5.11 Å². The quantitative estimate of drug-likeness (QED) is 0.913. The highest BCUT2D eigenvalue weighted by atomic mass is 32.2. The Labute approximate surface area is 131 Å². The number of sulfone groups is 1. The van der Waals surface area contributed by atoms with Crippen LogP contribution in [0.4, 0.5) is 0 Å². The molecule has 22 heavy (non-hydrogen) atoms. The summed E-state index contributed by atoms with van der Waals surface area (Å²) in [7, 11) is -2.91. The van der Waals surface area contributed by atoms with Crippen LogP contribution >= 0.6 is 0 Å². The Hall–Kier alpha value is -1.43. The minimum Gasteiger partial charge on any atom is -0.395 e. The van der Waals surface area contributed by atoms with E-state index in [1.54, 1.807) is 0 Å². The smallest absolute Gasteiger partial charge is 0.151 e. The van der Waals surface area contributed by atoms with Crippen molar-refractivity contribution >= 4 is 20.6 Å². The molecule has 2 aromatic rings. The highest BCUT2D eigenvalue weighted by Crippen LogP contribution is 2.22. The molecule has 0 aromatic heterocycles. The minimum absolute atomic E-state index is 0.0172. The third-order valence-electron chi connectivity index (χ3n) is 4.31. The van der Waals surface area contributed by atoms with Crippen molar-refractivity contribution in [1.29, 1.82) is 0 Å². The lowest BCUT2D eigenvalue weighted by Crippen LogP contribution is -2.37. The molecular formula is C17H21NO3S. The van der Waals surface area contributed by atoms with Crippen molar-refractivity contribution in [3.8, 4) is 0 Å². The normalized spacial score (nSPS) is 20.7. The van der Waals surface area contributed by atoms with E-state index < -0.39 is 9.84 Å². The lowest BCUT2D eigenvalue weighted by Gasteiger charge is -2.27. The number of aliphatic hydroxyl groups excluding tert-OH is 1. The molecule has 1 atom stereocenters. The van der Waals surface area contributed by atoms with Gasteiger partial charge in [-0.1, -0.05) is 36.4 Å². The Kier molecular flexibility index (Phi) is 4.47. The molecule has 0 radical (unpaired) electrons. The standard InChI is InChI=1S/C17H21NO3S/c19-9-8-18(17-7-10-22(20,21)13-17)12-14-5-6-15-3-1-2-4-16(15)11-14/h1-6,11,17,19H,7-10,12-13H2. The first-order valence-corrected chi connectivity index (χ1v) is 9.42. The summed E-state index contributed by atoms with van der Waals surface area (Å²) < 4.78 is 23.4. The molecule has 1 aliphatic heterocycles. The van der Waals surface area contributed by atoms with Crippen LogP contribution in [0.5, 0.6) is 0 Å². The van der Waals surface area contributed by atoms with Gasteiger partial charge in [-0.25, -0.2) is 8.42 Å². The van der Waals surface area contributed by atoms with E-state index in [4.69, 9.17) is 0 Å². The number of hydrogen-bond donors (Lipinski definition) is 1. The van der Waals surface area contributed by atoms with Crippen molar-refractivity contribution in [3.05, 3.63) is 48.0 Å². The third-order valence-corrected chi connectivity index (χ3v) is 6.06. The zero-order valence-electron chi connectivity index (χ0n) is 12.5. The van der Waals surface area contributed by atoms with Gasteiger partial charge in [0, 0.05) is 19.1 Å². The fourth-order valence-corrected chi connectivity index (χ4v) is 4.92. The summed E-state index contributed by atoms with van der Waals surface area (Å²) in [6, 6.07) is 14.5. The van der Waals surface area contributed by atoms with E-state index >= 15 is 0 Å². The van der Waals surface area contributed by atoms with Crippen molar-refractivity contribution in [2.24, 2.45) is 0 Å².